The normalized spacial score (nSPS) is 26.3. The van der Waals surface area contributed by atoms with Crippen molar-refractivity contribution in [2.45, 2.75) is 57.2 Å². The van der Waals surface area contributed by atoms with Crippen LogP contribution in [0.4, 0.5) is 13.2 Å². The van der Waals surface area contributed by atoms with Crippen LogP contribution in [0, 0.1) is 17.0 Å². The lowest BCUT2D eigenvalue weighted by molar-refractivity contribution is -0.0462. The van der Waals surface area contributed by atoms with Crippen LogP contribution in [0.3, 0.4) is 0 Å². The summed E-state index contributed by atoms with van der Waals surface area (Å²) in [5.74, 6) is -1.41. The van der Waals surface area contributed by atoms with E-state index in [4.69, 9.17) is 0 Å². The zero-order chi connectivity index (χ0) is 26.7. The Hall–Kier alpha value is -3.39. The smallest absolute Gasteiger partial charge is 0.257 e. The van der Waals surface area contributed by atoms with Crippen LogP contribution in [0.1, 0.15) is 59.8 Å². The zero-order valence-corrected chi connectivity index (χ0v) is 21.3. The quantitative estimate of drug-likeness (QED) is 0.487. The van der Waals surface area contributed by atoms with Gasteiger partial charge in [-0.2, -0.15) is 5.10 Å². The molecule has 0 bridgehead atoms. The van der Waals surface area contributed by atoms with Crippen LogP contribution in [-0.2, 0) is 12.8 Å². The maximum Gasteiger partial charge on any atom is 0.257 e. The molecule has 198 valence electrons. The van der Waals surface area contributed by atoms with E-state index in [1.807, 2.05) is 0 Å². The summed E-state index contributed by atoms with van der Waals surface area (Å²) in [6.45, 7) is 2.32. The Labute approximate surface area is 219 Å². The lowest BCUT2D eigenvalue weighted by atomic mass is 9.65. The van der Waals surface area contributed by atoms with Gasteiger partial charge in [-0.05, 0) is 86.1 Å². The number of aromatic nitrogens is 2. The molecule has 6 rings (SSSR count). The summed E-state index contributed by atoms with van der Waals surface area (Å²) in [6, 6.07) is 10.7. The number of likely N-dealkylation sites (tertiary alicyclic amines) is 1. The number of rotatable bonds is 5. The van der Waals surface area contributed by atoms with Crippen LogP contribution in [0.25, 0.3) is 11.8 Å². The molecule has 5 nitrogen and oxygen atoms in total. The third kappa shape index (κ3) is 3.97. The number of hydrogen-bond acceptors (Lipinski definition) is 3. The van der Waals surface area contributed by atoms with Gasteiger partial charge in [-0.25, -0.2) is 17.9 Å². The van der Waals surface area contributed by atoms with Gasteiger partial charge in [0.2, 0.25) is 0 Å². The second kappa shape index (κ2) is 9.12. The highest BCUT2D eigenvalue weighted by Crippen LogP contribution is 2.57. The van der Waals surface area contributed by atoms with Gasteiger partial charge < -0.3 is 10.0 Å². The molecule has 38 heavy (non-hydrogen) atoms. The molecule has 1 aromatic heterocycles. The SMILES string of the molecule is C[C@]12Cc3cnn(-c4ccc(F)cc4)c3C=C1CC[C@@]2(O)CCc1cccc(F)c1C(=O)N1CC[C@H](F)C1. The van der Waals surface area contributed by atoms with Gasteiger partial charge in [0.1, 0.15) is 17.8 Å². The highest BCUT2D eigenvalue weighted by Gasteiger charge is 2.54. The number of fused-ring (bicyclic) bond motifs is 2. The molecule has 3 aliphatic rings. The third-order valence-corrected chi connectivity index (χ3v) is 8.90. The van der Waals surface area contributed by atoms with E-state index in [0.717, 1.165) is 22.5 Å². The molecule has 2 aliphatic carbocycles. The topological polar surface area (TPSA) is 58.4 Å². The first-order valence-electron chi connectivity index (χ1n) is 13.2. The first-order valence-corrected chi connectivity index (χ1v) is 13.2. The van der Waals surface area contributed by atoms with E-state index in [9.17, 15) is 23.1 Å². The zero-order valence-electron chi connectivity index (χ0n) is 21.3. The molecule has 2 heterocycles. The number of nitrogens with zero attached hydrogens (tertiary/aromatic N) is 3. The Morgan fingerprint density at radius 3 is 2.71 bits per heavy atom. The number of alkyl halides is 1. The third-order valence-electron chi connectivity index (χ3n) is 8.90. The first kappa shape index (κ1) is 24.9. The number of aryl methyl sites for hydroxylation is 1. The summed E-state index contributed by atoms with van der Waals surface area (Å²) >= 11 is 0. The van der Waals surface area contributed by atoms with Gasteiger partial charge in [0.25, 0.3) is 5.91 Å². The van der Waals surface area contributed by atoms with Crippen molar-refractivity contribution in [1.29, 1.82) is 0 Å². The second-order valence-electron chi connectivity index (χ2n) is 11.1. The van der Waals surface area contributed by atoms with E-state index in [-0.39, 0.29) is 30.9 Å². The molecular formula is C30H30F3N3O2. The number of halogens is 3. The fourth-order valence-corrected chi connectivity index (χ4v) is 6.54. The number of aliphatic hydroxyl groups is 1. The van der Waals surface area contributed by atoms with Crippen molar-refractivity contribution in [3.63, 3.8) is 0 Å². The van der Waals surface area contributed by atoms with Crippen molar-refractivity contribution in [2.75, 3.05) is 13.1 Å². The summed E-state index contributed by atoms with van der Waals surface area (Å²) in [7, 11) is 0. The standard InChI is InChI=1S/C30H30F3N3O2/c1-29-16-20-17-34-36(24-7-5-22(31)6-8-24)26(20)15-21(29)10-13-30(29,38)12-9-19-3-2-4-25(33)27(19)28(37)35-14-11-23(32)18-35/h2-8,15,17,23,38H,9-14,16,18H2,1H3/t23-,29-,30-/m0/s1. The maximum absolute atomic E-state index is 14.9. The molecule has 0 radical (unpaired) electrons. The Balaban J connectivity index is 1.25. The van der Waals surface area contributed by atoms with Crippen molar-refractivity contribution in [3.05, 3.63) is 88.3 Å². The van der Waals surface area contributed by atoms with Gasteiger partial charge in [-0.15, -0.1) is 0 Å². The molecule has 1 saturated carbocycles. The highest BCUT2D eigenvalue weighted by molar-refractivity contribution is 5.96. The lowest BCUT2D eigenvalue weighted by Gasteiger charge is -2.42. The second-order valence-corrected chi connectivity index (χ2v) is 11.1. The molecule has 8 heteroatoms. The Bertz CT molecular complexity index is 1430. The van der Waals surface area contributed by atoms with Gasteiger partial charge in [0.15, 0.2) is 0 Å². The van der Waals surface area contributed by atoms with Crippen LogP contribution in [0.5, 0.6) is 0 Å². The Kier molecular flexibility index (Phi) is 5.98. The molecule has 3 aromatic rings. The van der Waals surface area contributed by atoms with Crippen molar-refractivity contribution < 1.29 is 23.1 Å². The molecule has 2 fully saturated rings. The minimum atomic E-state index is -1.08. The van der Waals surface area contributed by atoms with Crippen molar-refractivity contribution >= 4 is 12.0 Å². The number of carbonyl (C=O) groups is 1. The molecule has 0 unspecified atom stereocenters. The van der Waals surface area contributed by atoms with Gasteiger partial charge >= 0.3 is 0 Å². The summed E-state index contributed by atoms with van der Waals surface area (Å²) < 4.78 is 43.8. The van der Waals surface area contributed by atoms with Gasteiger partial charge in [0, 0.05) is 12.0 Å². The van der Waals surface area contributed by atoms with E-state index in [1.54, 1.807) is 35.1 Å². The van der Waals surface area contributed by atoms with Crippen molar-refractivity contribution in [1.82, 2.24) is 14.7 Å². The van der Waals surface area contributed by atoms with E-state index in [2.05, 4.69) is 18.1 Å². The largest absolute Gasteiger partial charge is 0.389 e. The molecule has 1 amide bonds. The predicted octanol–water partition coefficient (Wildman–Crippen LogP) is 5.44. The fourth-order valence-electron chi connectivity index (χ4n) is 6.54. The monoisotopic (exact) mass is 521 g/mol. The number of benzene rings is 2. The van der Waals surface area contributed by atoms with E-state index >= 15 is 0 Å². The Morgan fingerprint density at radius 2 is 1.97 bits per heavy atom. The van der Waals surface area contributed by atoms with Gasteiger partial charge in [-0.3, -0.25) is 4.79 Å². The first-order chi connectivity index (χ1) is 18.2. The average molecular weight is 522 g/mol. The van der Waals surface area contributed by atoms with Crippen LogP contribution in [-0.4, -0.2) is 50.6 Å². The average Bonchev–Trinajstić information content (AvgIpc) is 3.58. The van der Waals surface area contributed by atoms with Gasteiger partial charge in [-0.1, -0.05) is 24.6 Å². The minimum Gasteiger partial charge on any atom is -0.389 e. The van der Waals surface area contributed by atoms with E-state index in [0.29, 0.717) is 37.7 Å². The van der Waals surface area contributed by atoms with E-state index in [1.165, 1.54) is 23.1 Å². The highest BCUT2D eigenvalue weighted by atomic mass is 19.1. The van der Waals surface area contributed by atoms with Crippen molar-refractivity contribution in [3.8, 4) is 5.69 Å². The molecule has 2 aromatic carbocycles. The molecular weight excluding hydrogens is 491 g/mol. The van der Waals surface area contributed by atoms with Crippen LogP contribution < -0.4 is 0 Å². The fraction of sp³-hybridized carbons (Fsp3) is 0.400. The Morgan fingerprint density at radius 1 is 1.18 bits per heavy atom. The summed E-state index contributed by atoms with van der Waals surface area (Å²) in [6.07, 6.45) is 5.61. The summed E-state index contributed by atoms with van der Waals surface area (Å²) in [5, 5.41) is 16.5. The van der Waals surface area contributed by atoms with E-state index < -0.39 is 28.9 Å². The lowest BCUT2D eigenvalue weighted by Crippen LogP contribution is -2.45. The van der Waals surface area contributed by atoms with Gasteiger partial charge in [0.05, 0.1) is 35.3 Å². The number of hydrogen-bond donors (Lipinski definition) is 1. The van der Waals surface area contributed by atoms with Crippen molar-refractivity contribution in [2.24, 2.45) is 5.41 Å². The molecule has 1 N–H and O–H groups in total. The maximum atomic E-state index is 14.9. The van der Waals surface area contributed by atoms with Crippen LogP contribution in [0.15, 0.2) is 54.2 Å². The summed E-state index contributed by atoms with van der Waals surface area (Å²) in [4.78, 5) is 14.5. The molecule has 1 aliphatic heterocycles. The minimum absolute atomic E-state index is 0.0172. The molecule has 1 saturated heterocycles. The van der Waals surface area contributed by atoms with Crippen LogP contribution in [0.2, 0.25) is 0 Å². The number of carbonyl (C=O) groups excluding carboxylic acids is 1. The van der Waals surface area contributed by atoms with Crippen LogP contribution >= 0.6 is 0 Å². The molecule has 0 spiro atoms. The summed E-state index contributed by atoms with van der Waals surface area (Å²) in [5.41, 5.74) is 2.74. The number of amides is 1. The molecule has 3 atom stereocenters. The predicted molar refractivity (Wildman–Crippen MR) is 138 cm³/mol.